The predicted molar refractivity (Wildman–Crippen MR) is 110 cm³/mol. The molecule has 0 saturated heterocycles. The number of benzene rings is 3. The van der Waals surface area contributed by atoms with Crippen LogP contribution in [0.1, 0.15) is 16.9 Å². The molecule has 1 aliphatic heterocycles. The van der Waals surface area contributed by atoms with Gasteiger partial charge in [0.2, 0.25) is 0 Å². The van der Waals surface area contributed by atoms with Crippen molar-refractivity contribution in [2.24, 2.45) is 0 Å². The lowest BCUT2D eigenvalue weighted by Gasteiger charge is -2.25. The zero-order valence-corrected chi connectivity index (χ0v) is 14.7. The highest BCUT2D eigenvalue weighted by Crippen LogP contribution is 2.37. The monoisotopic (exact) mass is 350 g/mol. The van der Waals surface area contributed by atoms with E-state index in [-0.39, 0.29) is 0 Å². The van der Waals surface area contributed by atoms with Crippen LogP contribution in [0.4, 0.5) is 11.4 Å². The molecule has 27 heavy (non-hydrogen) atoms. The van der Waals surface area contributed by atoms with Crippen LogP contribution in [0.5, 0.6) is 0 Å². The van der Waals surface area contributed by atoms with Crippen LogP contribution in [0.25, 0.3) is 23.4 Å². The van der Waals surface area contributed by atoms with E-state index in [9.17, 15) is 0 Å². The SMILES string of the molecule is C1=Cc2ccccc2N(Cc2cc(-c3ccccc3)no2)c2ccccc21. The van der Waals surface area contributed by atoms with Crippen LogP contribution in [-0.4, -0.2) is 5.16 Å². The van der Waals surface area contributed by atoms with E-state index in [0.717, 1.165) is 28.4 Å². The zero-order valence-electron chi connectivity index (χ0n) is 14.7. The molecule has 2 heterocycles. The summed E-state index contributed by atoms with van der Waals surface area (Å²) in [5.41, 5.74) is 6.63. The highest BCUT2D eigenvalue weighted by molar-refractivity contribution is 5.88. The normalized spacial score (nSPS) is 12.4. The second kappa shape index (κ2) is 6.61. The maximum Gasteiger partial charge on any atom is 0.157 e. The average molecular weight is 350 g/mol. The standard InChI is InChI=1S/C24H18N2O/c1-2-8-18(9-3-1)22-16-21(27-25-22)17-26-23-12-6-4-10-19(23)14-15-20-11-5-7-13-24(20)26/h1-16H,17H2. The van der Waals surface area contributed by atoms with Crippen molar-refractivity contribution >= 4 is 23.5 Å². The van der Waals surface area contributed by atoms with Gasteiger partial charge in [0.25, 0.3) is 0 Å². The van der Waals surface area contributed by atoms with Gasteiger partial charge in [0.05, 0.1) is 6.54 Å². The Balaban J connectivity index is 1.55. The van der Waals surface area contributed by atoms with Gasteiger partial charge in [-0.1, -0.05) is 84.0 Å². The lowest BCUT2D eigenvalue weighted by Crippen LogP contribution is -2.17. The van der Waals surface area contributed by atoms with Crippen LogP contribution in [0.2, 0.25) is 0 Å². The molecule has 0 spiro atoms. The Morgan fingerprint density at radius 2 is 1.30 bits per heavy atom. The fraction of sp³-hybridized carbons (Fsp3) is 0.0417. The molecule has 1 aliphatic rings. The number of hydrogen-bond donors (Lipinski definition) is 0. The van der Waals surface area contributed by atoms with E-state index in [1.807, 2.05) is 36.4 Å². The Labute approximate surface area is 158 Å². The summed E-state index contributed by atoms with van der Waals surface area (Å²) >= 11 is 0. The molecule has 5 rings (SSSR count). The highest BCUT2D eigenvalue weighted by atomic mass is 16.5. The minimum Gasteiger partial charge on any atom is -0.359 e. The van der Waals surface area contributed by atoms with Crippen LogP contribution in [0.3, 0.4) is 0 Å². The summed E-state index contributed by atoms with van der Waals surface area (Å²) < 4.78 is 5.68. The summed E-state index contributed by atoms with van der Waals surface area (Å²) in [7, 11) is 0. The summed E-state index contributed by atoms with van der Waals surface area (Å²) in [6.45, 7) is 0.621. The third-order valence-electron chi connectivity index (χ3n) is 4.84. The molecule has 3 nitrogen and oxygen atoms in total. The number of nitrogens with zero attached hydrogens (tertiary/aromatic N) is 2. The molecule has 0 amide bonds. The third kappa shape index (κ3) is 2.93. The van der Waals surface area contributed by atoms with E-state index in [1.165, 1.54) is 11.1 Å². The molecule has 0 saturated carbocycles. The Bertz CT molecular complexity index is 1060. The molecule has 0 unspecified atom stereocenters. The Hall–Kier alpha value is -3.59. The van der Waals surface area contributed by atoms with Crippen molar-refractivity contribution < 1.29 is 4.52 Å². The van der Waals surface area contributed by atoms with Gasteiger partial charge in [-0.3, -0.25) is 0 Å². The quantitative estimate of drug-likeness (QED) is 0.443. The van der Waals surface area contributed by atoms with Crippen molar-refractivity contribution in [1.29, 1.82) is 0 Å². The molecule has 3 aromatic carbocycles. The largest absolute Gasteiger partial charge is 0.359 e. The number of anilines is 2. The summed E-state index contributed by atoms with van der Waals surface area (Å²) in [5, 5.41) is 4.27. The maximum atomic E-state index is 5.68. The first-order chi connectivity index (χ1) is 13.4. The Kier molecular flexibility index (Phi) is 3.83. The van der Waals surface area contributed by atoms with Crippen molar-refractivity contribution in [2.75, 3.05) is 4.90 Å². The number of hydrogen-bond acceptors (Lipinski definition) is 3. The molecule has 0 N–H and O–H groups in total. The summed E-state index contributed by atoms with van der Waals surface area (Å²) in [6.07, 6.45) is 4.34. The summed E-state index contributed by atoms with van der Waals surface area (Å²) in [5.74, 6) is 0.834. The minimum absolute atomic E-state index is 0.621. The lowest BCUT2D eigenvalue weighted by molar-refractivity contribution is 0.386. The fourth-order valence-electron chi connectivity index (χ4n) is 3.52. The van der Waals surface area contributed by atoms with Gasteiger partial charge in [-0.15, -0.1) is 0 Å². The number of para-hydroxylation sites is 2. The summed E-state index contributed by atoms with van der Waals surface area (Å²) in [4.78, 5) is 2.29. The van der Waals surface area contributed by atoms with Crippen LogP contribution < -0.4 is 4.90 Å². The molecule has 0 aliphatic carbocycles. The number of aromatic nitrogens is 1. The minimum atomic E-state index is 0.621. The third-order valence-corrected chi connectivity index (χ3v) is 4.84. The number of fused-ring (bicyclic) bond motifs is 2. The molecule has 1 aromatic heterocycles. The van der Waals surface area contributed by atoms with Crippen LogP contribution in [0, 0.1) is 0 Å². The zero-order chi connectivity index (χ0) is 18.1. The molecular weight excluding hydrogens is 332 g/mol. The van der Waals surface area contributed by atoms with E-state index in [2.05, 4.69) is 70.7 Å². The first-order valence-electron chi connectivity index (χ1n) is 9.03. The molecule has 0 atom stereocenters. The molecule has 0 radical (unpaired) electrons. The molecule has 130 valence electrons. The van der Waals surface area contributed by atoms with E-state index in [1.54, 1.807) is 0 Å². The van der Waals surface area contributed by atoms with Gasteiger partial charge in [0.15, 0.2) is 5.76 Å². The molecule has 0 bridgehead atoms. The molecular formula is C24H18N2O. The average Bonchev–Trinajstić information content (AvgIpc) is 3.14. The Morgan fingerprint density at radius 3 is 1.96 bits per heavy atom. The van der Waals surface area contributed by atoms with Gasteiger partial charge in [-0.25, -0.2) is 0 Å². The first-order valence-corrected chi connectivity index (χ1v) is 9.03. The van der Waals surface area contributed by atoms with Gasteiger partial charge in [0, 0.05) is 23.0 Å². The van der Waals surface area contributed by atoms with E-state index in [0.29, 0.717) is 6.54 Å². The smallest absolute Gasteiger partial charge is 0.157 e. The van der Waals surface area contributed by atoms with E-state index in [4.69, 9.17) is 4.52 Å². The second-order valence-electron chi connectivity index (χ2n) is 6.58. The van der Waals surface area contributed by atoms with Crippen molar-refractivity contribution in [3.8, 4) is 11.3 Å². The molecule has 0 fully saturated rings. The van der Waals surface area contributed by atoms with E-state index < -0.39 is 0 Å². The first kappa shape index (κ1) is 15.6. The fourth-order valence-corrected chi connectivity index (χ4v) is 3.52. The second-order valence-corrected chi connectivity index (χ2v) is 6.58. The van der Waals surface area contributed by atoms with Crippen molar-refractivity contribution in [2.45, 2.75) is 6.54 Å². The van der Waals surface area contributed by atoms with Gasteiger partial charge in [-0.2, -0.15) is 0 Å². The van der Waals surface area contributed by atoms with Gasteiger partial charge < -0.3 is 9.42 Å². The van der Waals surface area contributed by atoms with Crippen molar-refractivity contribution in [1.82, 2.24) is 5.16 Å². The van der Waals surface area contributed by atoms with Crippen LogP contribution in [0.15, 0.2) is 89.5 Å². The van der Waals surface area contributed by atoms with Crippen LogP contribution >= 0.6 is 0 Å². The maximum absolute atomic E-state index is 5.68. The molecule has 3 heteroatoms. The van der Waals surface area contributed by atoms with Gasteiger partial charge in [-0.05, 0) is 23.3 Å². The topological polar surface area (TPSA) is 29.3 Å². The molecule has 4 aromatic rings. The highest BCUT2D eigenvalue weighted by Gasteiger charge is 2.19. The van der Waals surface area contributed by atoms with E-state index >= 15 is 0 Å². The predicted octanol–water partition coefficient (Wildman–Crippen LogP) is 6.16. The van der Waals surface area contributed by atoms with Gasteiger partial charge >= 0.3 is 0 Å². The van der Waals surface area contributed by atoms with Crippen LogP contribution in [-0.2, 0) is 6.54 Å². The lowest BCUT2D eigenvalue weighted by atomic mass is 10.1. The Morgan fingerprint density at radius 1 is 0.704 bits per heavy atom. The van der Waals surface area contributed by atoms with Crippen molar-refractivity contribution in [3.63, 3.8) is 0 Å². The number of rotatable bonds is 3. The van der Waals surface area contributed by atoms with Crippen molar-refractivity contribution in [3.05, 3.63) is 102 Å². The summed E-state index contributed by atoms with van der Waals surface area (Å²) in [6, 6.07) is 29.0. The van der Waals surface area contributed by atoms with Gasteiger partial charge in [0.1, 0.15) is 5.69 Å².